The molecule has 0 bridgehead atoms. The Kier molecular flexibility index (Phi) is 4.02. The Morgan fingerprint density at radius 2 is 2.05 bits per heavy atom. The van der Waals surface area contributed by atoms with Crippen LogP contribution in [0.4, 0.5) is 15.9 Å². The lowest BCUT2D eigenvalue weighted by molar-refractivity contribution is 0.601. The molecule has 0 spiro atoms. The van der Waals surface area contributed by atoms with E-state index in [0.29, 0.717) is 0 Å². The zero-order valence-electron chi connectivity index (χ0n) is 10.5. The number of hydrazine groups is 1. The number of halogens is 1. The second kappa shape index (κ2) is 5.74. The largest absolute Gasteiger partial charge is 0.308 e. The summed E-state index contributed by atoms with van der Waals surface area (Å²) in [5.41, 5.74) is 2.05. The van der Waals surface area contributed by atoms with Gasteiger partial charge in [0.25, 0.3) is 10.0 Å². The molecule has 0 radical (unpaired) electrons. The average molecular weight is 307 g/mol. The van der Waals surface area contributed by atoms with E-state index in [1.54, 1.807) is 6.07 Å². The van der Waals surface area contributed by atoms with E-state index in [1.807, 2.05) is 0 Å². The lowest BCUT2D eigenvalue weighted by atomic mass is 10.2. The van der Waals surface area contributed by atoms with Gasteiger partial charge in [0, 0.05) is 12.3 Å². The summed E-state index contributed by atoms with van der Waals surface area (Å²) in [6.45, 7) is 0. The number of pyridine rings is 1. The molecular weight excluding hydrogens is 297 g/mol. The molecule has 0 amide bonds. The molecule has 2 aromatic rings. The van der Waals surface area contributed by atoms with Crippen molar-refractivity contribution in [2.45, 2.75) is 4.90 Å². The molecule has 0 saturated carbocycles. The molecule has 0 unspecified atom stereocenters. The number of nitrogens with one attached hydrogen (secondary N) is 2. The predicted molar refractivity (Wildman–Crippen MR) is 74.0 cm³/mol. The minimum atomic E-state index is -3.90. The van der Waals surface area contributed by atoms with E-state index < -0.39 is 15.8 Å². The van der Waals surface area contributed by atoms with Gasteiger partial charge < -0.3 is 5.43 Å². The van der Waals surface area contributed by atoms with E-state index in [1.165, 1.54) is 24.4 Å². The fraction of sp³-hybridized carbons (Fsp3) is 0. The number of rotatable bonds is 4. The van der Waals surface area contributed by atoms with Gasteiger partial charge in [0.1, 0.15) is 17.7 Å². The van der Waals surface area contributed by atoms with Crippen LogP contribution in [0.1, 0.15) is 5.56 Å². The van der Waals surface area contributed by atoms with Crippen molar-refractivity contribution in [3.63, 3.8) is 0 Å². The van der Waals surface area contributed by atoms with Crippen LogP contribution in [0.15, 0.2) is 41.4 Å². The van der Waals surface area contributed by atoms with E-state index in [-0.39, 0.29) is 22.0 Å². The summed E-state index contributed by atoms with van der Waals surface area (Å²) in [6, 6.07) is 7.48. The third-order valence-corrected chi connectivity index (χ3v) is 3.91. The predicted octanol–water partition coefficient (Wildman–Crippen LogP) is 1.18. The third-order valence-electron chi connectivity index (χ3n) is 2.53. The molecule has 1 aromatic carbocycles. The van der Waals surface area contributed by atoms with Crippen LogP contribution < -0.4 is 16.0 Å². The van der Waals surface area contributed by atoms with Gasteiger partial charge in [-0.1, -0.05) is 0 Å². The van der Waals surface area contributed by atoms with Crippen LogP contribution in [0.2, 0.25) is 0 Å². The van der Waals surface area contributed by atoms with Crippen LogP contribution in [-0.2, 0) is 10.0 Å². The summed E-state index contributed by atoms with van der Waals surface area (Å²) in [7, 11) is -3.90. The minimum Gasteiger partial charge on any atom is -0.308 e. The number of hydrogen-bond donors (Lipinski definition) is 3. The van der Waals surface area contributed by atoms with Gasteiger partial charge in [-0.3, -0.25) is 4.72 Å². The summed E-state index contributed by atoms with van der Waals surface area (Å²) in [5, 5.41) is 8.73. The van der Waals surface area contributed by atoms with Crippen LogP contribution in [0, 0.1) is 17.1 Å². The Balaban J connectivity index is 2.35. The average Bonchev–Trinajstić information content (AvgIpc) is 2.49. The highest BCUT2D eigenvalue weighted by Gasteiger charge is 2.16. The Labute approximate surface area is 120 Å². The molecule has 2 rings (SSSR count). The van der Waals surface area contributed by atoms with Gasteiger partial charge in [0.05, 0.1) is 16.1 Å². The van der Waals surface area contributed by atoms with Crippen molar-refractivity contribution >= 4 is 21.5 Å². The molecule has 0 atom stereocenters. The van der Waals surface area contributed by atoms with Gasteiger partial charge in [-0.2, -0.15) is 5.26 Å². The smallest absolute Gasteiger partial charge is 0.262 e. The van der Waals surface area contributed by atoms with Gasteiger partial charge in [-0.05, 0) is 24.3 Å². The Morgan fingerprint density at radius 3 is 2.71 bits per heavy atom. The van der Waals surface area contributed by atoms with Gasteiger partial charge in [0.2, 0.25) is 0 Å². The van der Waals surface area contributed by atoms with E-state index in [0.717, 1.165) is 12.1 Å². The van der Waals surface area contributed by atoms with Crippen LogP contribution in [0.25, 0.3) is 0 Å². The minimum absolute atomic E-state index is 0.0757. The van der Waals surface area contributed by atoms with Crippen molar-refractivity contribution in [3.8, 4) is 6.07 Å². The molecule has 0 aliphatic rings. The molecule has 0 aliphatic heterocycles. The van der Waals surface area contributed by atoms with Gasteiger partial charge >= 0.3 is 0 Å². The highest BCUT2D eigenvalue weighted by atomic mass is 32.2. The summed E-state index contributed by atoms with van der Waals surface area (Å²) in [4.78, 5) is 3.72. The molecule has 1 aromatic heterocycles. The van der Waals surface area contributed by atoms with Gasteiger partial charge in [-0.15, -0.1) is 0 Å². The molecule has 7 nitrogen and oxygen atoms in total. The first kappa shape index (κ1) is 14.7. The third kappa shape index (κ3) is 3.25. The molecule has 108 valence electrons. The SMILES string of the molecule is N#Cc1cc(NS(=O)(=O)c2ccnc(NN)c2)ccc1F. The molecule has 4 N–H and O–H groups in total. The van der Waals surface area contributed by atoms with Crippen molar-refractivity contribution in [3.05, 3.63) is 47.9 Å². The van der Waals surface area contributed by atoms with Gasteiger partial charge in [-0.25, -0.2) is 23.6 Å². The Morgan fingerprint density at radius 1 is 1.29 bits per heavy atom. The van der Waals surface area contributed by atoms with Crippen LogP contribution in [0.5, 0.6) is 0 Å². The van der Waals surface area contributed by atoms with Crippen molar-refractivity contribution in [2.24, 2.45) is 5.84 Å². The van der Waals surface area contributed by atoms with Crippen LogP contribution in [0.3, 0.4) is 0 Å². The molecule has 0 aliphatic carbocycles. The zero-order chi connectivity index (χ0) is 15.5. The Hall–Kier alpha value is -2.70. The number of nitrogen functional groups attached to an aromatic ring is 1. The van der Waals surface area contributed by atoms with Crippen molar-refractivity contribution < 1.29 is 12.8 Å². The second-order valence-electron chi connectivity index (χ2n) is 3.93. The first-order chi connectivity index (χ1) is 9.96. The fourth-order valence-corrected chi connectivity index (χ4v) is 2.61. The van der Waals surface area contributed by atoms with Crippen molar-refractivity contribution in [1.82, 2.24) is 4.98 Å². The molecular formula is C12H10FN5O2S. The quantitative estimate of drug-likeness (QED) is 0.576. The molecule has 1 heterocycles. The fourth-order valence-electron chi connectivity index (χ4n) is 1.55. The molecule has 21 heavy (non-hydrogen) atoms. The number of nitriles is 1. The number of anilines is 2. The normalized spacial score (nSPS) is 10.7. The van der Waals surface area contributed by atoms with Gasteiger partial charge in [0.15, 0.2) is 0 Å². The lowest BCUT2D eigenvalue weighted by Gasteiger charge is -2.09. The van der Waals surface area contributed by atoms with Crippen LogP contribution in [-0.4, -0.2) is 13.4 Å². The Bertz CT molecular complexity index is 817. The number of hydrogen-bond acceptors (Lipinski definition) is 6. The summed E-state index contributed by atoms with van der Waals surface area (Å²) in [6.07, 6.45) is 1.27. The van der Waals surface area contributed by atoms with E-state index in [9.17, 15) is 12.8 Å². The maximum Gasteiger partial charge on any atom is 0.262 e. The zero-order valence-corrected chi connectivity index (χ0v) is 11.4. The monoisotopic (exact) mass is 307 g/mol. The second-order valence-corrected chi connectivity index (χ2v) is 5.62. The number of aromatic nitrogens is 1. The number of sulfonamides is 1. The summed E-state index contributed by atoms with van der Waals surface area (Å²) in [5.74, 6) is 4.62. The number of benzene rings is 1. The van der Waals surface area contributed by atoms with Crippen LogP contribution >= 0.6 is 0 Å². The molecule has 0 fully saturated rings. The van der Waals surface area contributed by atoms with E-state index in [4.69, 9.17) is 11.1 Å². The maximum absolute atomic E-state index is 13.2. The first-order valence-electron chi connectivity index (χ1n) is 5.61. The topological polar surface area (TPSA) is 121 Å². The maximum atomic E-state index is 13.2. The summed E-state index contributed by atoms with van der Waals surface area (Å²) >= 11 is 0. The van der Waals surface area contributed by atoms with E-state index in [2.05, 4.69) is 15.1 Å². The number of nitrogens with zero attached hydrogens (tertiary/aromatic N) is 2. The summed E-state index contributed by atoms with van der Waals surface area (Å²) < 4.78 is 39.8. The van der Waals surface area contributed by atoms with Crippen molar-refractivity contribution in [2.75, 3.05) is 10.1 Å². The number of nitrogens with two attached hydrogens (primary N) is 1. The molecule has 9 heteroatoms. The highest BCUT2D eigenvalue weighted by molar-refractivity contribution is 7.92. The molecule has 0 saturated heterocycles. The lowest BCUT2D eigenvalue weighted by Crippen LogP contribution is -2.15. The van der Waals surface area contributed by atoms with Crippen molar-refractivity contribution in [1.29, 1.82) is 5.26 Å². The first-order valence-corrected chi connectivity index (χ1v) is 7.10. The van der Waals surface area contributed by atoms with E-state index >= 15 is 0 Å². The highest BCUT2D eigenvalue weighted by Crippen LogP contribution is 2.19. The standard InChI is InChI=1S/C12H10FN5O2S/c13-11-2-1-9(5-8(11)7-14)18-21(19,20)10-3-4-16-12(6-10)17-15/h1-6,18H,15H2,(H,16,17).